The van der Waals surface area contributed by atoms with Crippen LogP contribution in [0, 0.1) is 13.8 Å². The number of aromatic nitrogens is 2. The van der Waals surface area contributed by atoms with E-state index in [2.05, 4.69) is 20.2 Å². The highest BCUT2D eigenvalue weighted by molar-refractivity contribution is 7.92. The molecule has 2 aromatic carbocycles. The number of benzene rings is 2. The van der Waals surface area contributed by atoms with E-state index in [4.69, 9.17) is 9.26 Å². The number of ether oxygens (including phenoxy) is 1. The molecule has 32 heavy (non-hydrogen) atoms. The summed E-state index contributed by atoms with van der Waals surface area (Å²) in [7, 11) is -3.86. The van der Waals surface area contributed by atoms with Crippen LogP contribution in [0.1, 0.15) is 21.6 Å². The normalized spacial score (nSPS) is 11.2. The van der Waals surface area contributed by atoms with Gasteiger partial charge in [-0.3, -0.25) is 4.79 Å². The van der Waals surface area contributed by atoms with Gasteiger partial charge in [0, 0.05) is 28.4 Å². The summed E-state index contributed by atoms with van der Waals surface area (Å²) in [6, 6.07) is 12.4. The molecule has 9 nitrogen and oxygen atoms in total. The maximum atomic E-state index is 12.6. The molecule has 2 N–H and O–H groups in total. The number of anilines is 2. The largest absolute Gasteiger partial charge is 0.431 e. The molecule has 164 valence electrons. The Hall–Kier alpha value is -3.70. The number of rotatable bonds is 7. The zero-order valence-electron chi connectivity index (χ0n) is 17.0. The first-order valence-corrected chi connectivity index (χ1v) is 11.7. The summed E-state index contributed by atoms with van der Waals surface area (Å²) in [6.45, 7) is 3.43. The van der Waals surface area contributed by atoms with Gasteiger partial charge in [0.15, 0.2) is 0 Å². The van der Waals surface area contributed by atoms with Crippen LogP contribution >= 0.6 is 11.3 Å². The molecule has 4 aromatic rings. The van der Waals surface area contributed by atoms with Crippen molar-refractivity contribution in [2.45, 2.75) is 18.7 Å². The summed E-state index contributed by atoms with van der Waals surface area (Å²) in [5.41, 5.74) is 2.08. The van der Waals surface area contributed by atoms with E-state index in [-0.39, 0.29) is 16.7 Å². The lowest BCUT2D eigenvalue weighted by Crippen LogP contribution is -2.14. The van der Waals surface area contributed by atoms with Gasteiger partial charge in [-0.25, -0.2) is 18.1 Å². The number of nitrogens with one attached hydrogen (secondary N) is 2. The summed E-state index contributed by atoms with van der Waals surface area (Å²) >= 11 is 1.37. The van der Waals surface area contributed by atoms with Crippen molar-refractivity contribution in [2.24, 2.45) is 0 Å². The highest BCUT2D eigenvalue weighted by Gasteiger charge is 2.19. The fourth-order valence-corrected chi connectivity index (χ4v) is 4.20. The number of sulfonamides is 1. The third-order valence-electron chi connectivity index (χ3n) is 4.54. The van der Waals surface area contributed by atoms with Gasteiger partial charge in [-0.15, -0.1) is 0 Å². The van der Waals surface area contributed by atoms with Crippen LogP contribution in [0.5, 0.6) is 10.9 Å². The molecule has 0 atom stereocenters. The molecule has 0 bridgehead atoms. The number of nitrogens with zero attached hydrogens (tertiary/aromatic N) is 2. The van der Waals surface area contributed by atoms with E-state index in [0.29, 0.717) is 33.5 Å². The minimum atomic E-state index is -3.86. The number of carbonyl (C=O) groups is 1. The molecule has 4 rings (SSSR count). The molecule has 0 aliphatic rings. The Morgan fingerprint density at radius 3 is 2.38 bits per heavy atom. The van der Waals surface area contributed by atoms with E-state index < -0.39 is 10.0 Å². The molecule has 0 radical (unpaired) electrons. The quantitative estimate of drug-likeness (QED) is 0.405. The van der Waals surface area contributed by atoms with Crippen molar-refractivity contribution in [2.75, 3.05) is 10.0 Å². The molecular weight excluding hydrogens is 452 g/mol. The Bertz CT molecular complexity index is 1330. The van der Waals surface area contributed by atoms with Gasteiger partial charge in [0.25, 0.3) is 21.1 Å². The Morgan fingerprint density at radius 1 is 1.06 bits per heavy atom. The molecule has 0 saturated carbocycles. The van der Waals surface area contributed by atoms with Crippen molar-refractivity contribution in [1.82, 2.24) is 10.1 Å². The third kappa shape index (κ3) is 4.79. The van der Waals surface area contributed by atoms with E-state index in [0.717, 1.165) is 0 Å². The number of hydrogen-bond acceptors (Lipinski definition) is 8. The van der Waals surface area contributed by atoms with Crippen LogP contribution < -0.4 is 14.8 Å². The van der Waals surface area contributed by atoms with Crippen molar-refractivity contribution in [3.05, 3.63) is 76.9 Å². The lowest BCUT2D eigenvalue weighted by Gasteiger charge is -2.09. The molecule has 2 heterocycles. The summed E-state index contributed by atoms with van der Waals surface area (Å²) in [4.78, 5) is 16.6. The van der Waals surface area contributed by atoms with Gasteiger partial charge < -0.3 is 14.6 Å². The Balaban J connectivity index is 1.40. The number of amides is 1. The first-order valence-electron chi connectivity index (χ1n) is 9.36. The van der Waals surface area contributed by atoms with Crippen molar-refractivity contribution < 1.29 is 22.5 Å². The van der Waals surface area contributed by atoms with Gasteiger partial charge in [-0.05, 0) is 62.4 Å². The summed E-state index contributed by atoms with van der Waals surface area (Å²) in [5, 5.41) is 8.78. The Labute approximate surface area is 188 Å². The van der Waals surface area contributed by atoms with Crippen molar-refractivity contribution in [3.8, 4) is 10.9 Å². The summed E-state index contributed by atoms with van der Waals surface area (Å²) in [5.74, 6) is 0.296. The number of thiazole rings is 1. The van der Waals surface area contributed by atoms with Gasteiger partial charge in [-0.2, -0.15) is 0 Å². The maximum Gasteiger partial charge on any atom is 0.278 e. The second-order valence-electron chi connectivity index (χ2n) is 6.73. The maximum absolute atomic E-state index is 12.6. The van der Waals surface area contributed by atoms with Gasteiger partial charge in [0.2, 0.25) is 5.88 Å². The smallest absolute Gasteiger partial charge is 0.278 e. The van der Waals surface area contributed by atoms with Crippen molar-refractivity contribution >= 4 is 38.8 Å². The first kappa shape index (κ1) is 21.5. The minimum absolute atomic E-state index is 0.0210. The van der Waals surface area contributed by atoms with Gasteiger partial charge in [-0.1, -0.05) is 16.5 Å². The molecule has 11 heteroatoms. The molecule has 0 unspecified atom stereocenters. The second-order valence-corrected chi connectivity index (χ2v) is 9.27. The molecule has 2 aromatic heterocycles. The van der Waals surface area contributed by atoms with Crippen LogP contribution in [0.3, 0.4) is 0 Å². The fourth-order valence-electron chi connectivity index (χ4n) is 2.65. The van der Waals surface area contributed by atoms with Crippen LogP contribution in [-0.2, 0) is 10.0 Å². The van der Waals surface area contributed by atoms with Crippen molar-refractivity contribution in [1.29, 1.82) is 0 Å². The molecule has 0 aliphatic carbocycles. The third-order valence-corrected chi connectivity index (χ3v) is 6.53. The lowest BCUT2D eigenvalue weighted by molar-refractivity contribution is 0.102. The monoisotopic (exact) mass is 470 g/mol. The SMILES string of the molecule is Cc1noc(NS(=O)(=O)c2ccc(NC(=O)c3ccc(Oc4nccs4)cc3)cc2)c1C. The summed E-state index contributed by atoms with van der Waals surface area (Å²) < 4.78 is 38.1. The standard InChI is InChI=1S/C21H18N4O5S2/c1-13-14(2)24-30-20(13)25-32(27,28)18-9-5-16(6-10-18)23-19(26)15-3-7-17(8-4-15)29-21-22-11-12-31-21/h3-12,25H,1-2H3,(H,23,26). The molecule has 0 aliphatic heterocycles. The zero-order chi connectivity index (χ0) is 22.7. The van der Waals surface area contributed by atoms with Gasteiger partial charge in [0.1, 0.15) is 5.75 Å². The lowest BCUT2D eigenvalue weighted by atomic mass is 10.2. The molecule has 1 amide bonds. The van der Waals surface area contributed by atoms with E-state index in [1.807, 2.05) is 0 Å². The molecular formula is C21H18N4O5S2. The predicted octanol–water partition coefficient (Wildman–Crippen LogP) is 4.59. The van der Waals surface area contributed by atoms with E-state index in [1.165, 1.54) is 35.6 Å². The first-order chi connectivity index (χ1) is 15.3. The average molecular weight is 471 g/mol. The summed E-state index contributed by atoms with van der Waals surface area (Å²) in [6.07, 6.45) is 1.64. The number of aryl methyl sites for hydroxylation is 1. The highest BCUT2D eigenvalue weighted by atomic mass is 32.2. The van der Waals surface area contributed by atoms with E-state index in [9.17, 15) is 13.2 Å². The van der Waals surface area contributed by atoms with Gasteiger partial charge in [0.05, 0.1) is 10.6 Å². The fraction of sp³-hybridized carbons (Fsp3) is 0.0952. The molecule has 0 saturated heterocycles. The Morgan fingerprint density at radius 2 is 1.78 bits per heavy atom. The molecule has 0 spiro atoms. The van der Waals surface area contributed by atoms with Crippen LogP contribution in [0.4, 0.5) is 11.6 Å². The Kier molecular flexibility index (Phi) is 5.93. The van der Waals surface area contributed by atoms with Gasteiger partial charge >= 0.3 is 0 Å². The molecule has 0 fully saturated rings. The topological polar surface area (TPSA) is 123 Å². The number of hydrogen-bond donors (Lipinski definition) is 2. The van der Waals surface area contributed by atoms with Crippen LogP contribution in [0.2, 0.25) is 0 Å². The minimum Gasteiger partial charge on any atom is -0.431 e. The van der Waals surface area contributed by atoms with Crippen LogP contribution in [0.15, 0.2) is 69.5 Å². The van der Waals surface area contributed by atoms with E-state index >= 15 is 0 Å². The van der Waals surface area contributed by atoms with Crippen LogP contribution in [0.25, 0.3) is 0 Å². The van der Waals surface area contributed by atoms with Crippen molar-refractivity contribution in [3.63, 3.8) is 0 Å². The predicted molar refractivity (Wildman–Crippen MR) is 120 cm³/mol. The second kappa shape index (κ2) is 8.81. The number of carbonyl (C=O) groups excluding carboxylic acids is 1. The average Bonchev–Trinajstić information content (AvgIpc) is 3.40. The van der Waals surface area contributed by atoms with E-state index in [1.54, 1.807) is 49.7 Å². The zero-order valence-corrected chi connectivity index (χ0v) is 18.7. The van der Waals surface area contributed by atoms with Crippen LogP contribution in [-0.4, -0.2) is 24.5 Å². The highest BCUT2D eigenvalue weighted by Crippen LogP contribution is 2.25.